The molecule has 0 aliphatic carbocycles. The quantitative estimate of drug-likeness (QED) is 0.840. The van der Waals surface area contributed by atoms with Crippen LogP contribution in [0.1, 0.15) is 43.7 Å². The molecule has 1 aromatic rings. The molecule has 1 aliphatic heterocycles. The van der Waals surface area contributed by atoms with Gasteiger partial charge in [0.2, 0.25) is 0 Å². The molecule has 2 rings (SSSR count). The van der Waals surface area contributed by atoms with Crippen LogP contribution < -0.4 is 11.1 Å². The molecule has 1 fully saturated rings. The minimum Gasteiger partial charge on any atom is -0.325 e. The number of nitrogens with two attached hydrogens (primary N) is 1. The van der Waals surface area contributed by atoms with Gasteiger partial charge in [-0.1, -0.05) is 24.3 Å². The molecule has 2 nitrogen and oxygen atoms in total. The van der Waals surface area contributed by atoms with Crippen LogP contribution in [-0.4, -0.2) is 18.6 Å². The molecular formula is C15H24N2. The van der Waals surface area contributed by atoms with Crippen molar-refractivity contribution in [3.8, 4) is 0 Å². The van der Waals surface area contributed by atoms with Crippen LogP contribution in [0.4, 0.5) is 0 Å². The first-order valence-electron chi connectivity index (χ1n) is 6.63. The van der Waals surface area contributed by atoms with E-state index in [0.29, 0.717) is 0 Å². The molecule has 1 saturated heterocycles. The zero-order valence-electron chi connectivity index (χ0n) is 11.0. The van der Waals surface area contributed by atoms with Gasteiger partial charge in [0.15, 0.2) is 0 Å². The van der Waals surface area contributed by atoms with Crippen molar-refractivity contribution in [3.63, 3.8) is 0 Å². The van der Waals surface area contributed by atoms with Crippen LogP contribution in [0.2, 0.25) is 0 Å². The van der Waals surface area contributed by atoms with Gasteiger partial charge < -0.3 is 11.1 Å². The number of benzene rings is 1. The van der Waals surface area contributed by atoms with Gasteiger partial charge >= 0.3 is 0 Å². The lowest BCUT2D eigenvalue weighted by Gasteiger charge is -2.23. The van der Waals surface area contributed by atoms with Crippen molar-refractivity contribution in [1.29, 1.82) is 0 Å². The highest BCUT2D eigenvalue weighted by Crippen LogP contribution is 2.25. The fourth-order valence-electron chi connectivity index (χ4n) is 2.59. The third kappa shape index (κ3) is 3.83. The van der Waals surface area contributed by atoms with E-state index in [1.165, 1.54) is 24.0 Å². The Bertz CT molecular complexity index is 342. The van der Waals surface area contributed by atoms with E-state index < -0.39 is 0 Å². The summed E-state index contributed by atoms with van der Waals surface area (Å²) in [5, 5.41) is 3.41. The summed E-state index contributed by atoms with van der Waals surface area (Å²) < 4.78 is 0. The highest BCUT2D eigenvalue weighted by Gasteiger charge is 2.16. The van der Waals surface area contributed by atoms with Crippen LogP contribution in [0.5, 0.6) is 0 Å². The summed E-state index contributed by atoms with van der Waals surface area (Å²) in [7, 11) is 0. The molecule has 0 aromatic heterocycles. The first-order valence-corrected chi connectivity index (χ1v) is 6.63. The summed E-state index contributed by atoms with van der Waals surface area (Å²) in [4.78, 5) is 0. The maximum Gasteiger partial charge on any atom is 0.0138 e. The largest absolute Gasteiger partial charge is 0.325 e. The molecule has 0 bridgehead atoms. The second-order valence-corrected chi connectivity index (χ2v) is 5.93. The molecule has 1 aromatic carbocycles. The Balaban J connectivity index is 2.02. The number of hydrogen-bond donors (Lipinski definition) is 2. The van der Waals surface area contributed by atoms with Gasteiger partial charge in [-0.3, -0.25) is 0 Å². The van der Waals surface area contributed by atoms with Crippen molar-refractivity contribution >= 4 is 0 Å². The van der Waals surface area contributed by atoms with E-state index in [-0.39, 0.29) is 5.54 Å². The smallest absolute Gasteiger partial charge is 0.0138 e. The number of piperidine rings is 1. The standard InChI is InChI=1S/C15H24N2/c1-15(2,16)11-12-3-5-13(6-4-12)14-7-9-17-10-8-14/h3-6,14,17H,7-11,16H2,1-2H3. The topological polar surface area (TPSA) is 38.0 Å². The lowest BCUT2D eigenvalue weighted by atomic mass is 9.88. The Labute approximate surface area is 105 Å². The molecule has 2 heteroatoms. The lowest BCUT2D eigenvalue weighted by molar-refractivity contribution is 0.460. The minimum absolute atomic E-state index is 0.115. The SMILES string of the molecule is CC(C)(N)Cc1ccc(C2CCNCC2)cc1. The van der Waals surface area contributed by atoms with Crippen molar-refractivity contribution < 1.29 is 0 Å². The van der Waals surface area contributed by atoms with Crippen LogP contribution in [0.25, 0.3) is 0 Å². The van der Waals surface area contributed by atoms with Gasteiger partial charge in [0.25, 0.3) is 0 Å². The maximum atomic E-state index is 6.04. The van der Waals surface area contributed by atoms with Crippen molar-refractivity contribution in [3.05, 3.63) is 35.4 Å². The van der Waals surface area contributed by atoms with E-state index >= 15 is 0 Å². The van der Waals surface area contributed by atoms with Gasteiger partial charge in [-0.2, -0.15) is 0 Å². The molecule has 0 unspecified atom stereocenters. The maximum absolute atomic E-state index is 6.04. The van der Waals surface area contributed by atoms with E-state index in [1.54, 1.807) is 0 Å². The summed E-state index contributed by atoms with van der Waals surface area (Å²) in [6.45, 7) is 6.46. The molecule has 1 aliphatic rings. The molecule has 3 N–H and O–H groups in total. The predicted molar refractivity (Wildman–Crippen MR) is 73.3 cm³/mol. The normalized spacial score (nSPS) is 18.3. The molecule has 17 heavy (non-hydrogen) atoms. The summed E-state index contributed by atoms with van der Waals surface area (Å²) in [6.07, 6.45) is 3.48. The highest BCUT2D eigenvalue weighted by molar-refractivity contribution is 5.26. The molecule has 0 saturated carbocycles. The van der Waals surface area contributed by atoms with Crippen LogP contribution in [0.15, 0.2) is 24.3 Å². The fraction of sp³-hybridized carbons (Fsp3) is 0.600. The molecule has 0 spiro atoms. The summed E-state index contributed by atoms with van der Waals surface area (Å²) in [5.74, 6) is 0.746. The van der Waals surface area contributed by atoms with E-state index in [9.17, 15) is 0 Å². The molecule has 1 heterocycles. The predicted octanol–water partition coefficient (Wildman–Crippen LogP) is 2.43. The Morgan fingerprint density at radius 3 is 2.29 bits per heavy atom. The van der Waals surface area contributed by atoms with Gasteiger partial charge in [0.05, 0.1) is 0 Å². The van der Waals surface area contributed by atoms with E-state index in [2.05, 4.69) is 43.4 Å². The van der Waals surface area contributed by atoms with Crippen LogP contribution >= 0.6 is 0 Å². The van der Waals surface area contributed by atoms with Gasteiger partial charge in [-0.25, -0.2) is 0 Å². The Morgan fingerprint density at radius 1 is 1.18 bits per heavy atom. The molecule has 0 radical (unpaired) electrons. The first kappa shape index (κ1) is 12.6. The summed E-state index contributed by atoms with van der Waals surface area (Å²) in [6, 6.07) is 9.06. The first-order chi connectivity index (χ1) is 8.04. The van der Waals surface area contributed by atoms with Gasteiger partial charge in [-0.05, 0) is 63.2 Å². The Kier molecular flexibility index (Phi) is 3.85. The van der Waals surface area contributed by atoms with Crippen LogP contribution in [-0.2, 0) is 6.42 Å². The fourth-order valence-corrected chi connectivity index (χ4v) is 2.59. The van der Waals surface area contributed by atoms with Gasteiger partial charge in [0.1, 0.15) is 0 Å². The van der Waals surface area contributed by atoms with E-state index in [1.807, 2.05) is 0 Å². The second-order valence-electron chi connectivity index (χ2n) is 5.93. The second kappa shape index (κ2) is 5.19. The van der Waals surface area contributed by atoms with Crippen molar-refractivity contribution in [1.82, 2.24) is 5.32 Å². The average Bonchev–Trinajstić information content (AvgIpc) is 2.29. The van der Waals surface area contributed by atoms with Crippen LogP contribution in [0, 0.1) is 0 Å². The highest BCUT2D eigenvalue weighted by atomic mass is 14.9. The Hall–Kier alpha value is -0.860. The lowest BCUT2D eigenvalue weighted by Crippen LogP contribution is -2.34. The van der Waals surface area contributed by atoms with Crippen molar-refractivity contribution in [2.24, 2.45) is 5.73 Å². The number of nitrogens with one attached hydrogen (secondary N) is 1. The average molecular weight is 232 g/mol. The molecule has 94 valence electrons. The molecular weight excluding hydrogens is 208 g/mol. The summed E-state index contributed by atoms with van der Waals surface area (Å²) in [5.41, 5.74) is 8.76. The third-order valence-electron chi connectivity index (χ3n) is 3.45. The van der Waals surface area contributed by atoms with Crippen LogP contribution in [0.3, 0.4) is 0 Å². The minimum atomic E-state index is -0.115. The van der Waals surface area contributed by atoms with Crippen molar-refractivity contribution in [2.45, 2.75) is 44.6 Å². The zero-order valence-corrected chi connectivity index (χ0v) is 11.0. The molecule has 0 atom stereocenters. The van der Waals surface area contributed by atoms with E-state index in [0.717, 1.165) is 25.4 Å². The number of hydrogen-bond acceptors (Lipinski definition) is 2. The van der Waals surface area contributed by atoms with E-state index in [4.69, 9.17) is 5.73 Å². The zero-order chi connectivity index (χ0) is 12.3. The van der Waals surface area contributed by atoms with Crippen molar-refractivity contribution in [2.75, 3.05) is 13.1 Å². The Morgan fingerprint density at radius 2 is 1.76 bits per heavy atom. The molecule has 0 amide bonds. The summed E-state index contributed by atoms with van der Waals surface area (Å²) >= 11 is 0. The third-order valence-corrected chi connectivity index (χ3v) is 3.45. The van der Waals surface area contributed by atoms with Gasteiger partial charge in [0, 0.05) is 5.54 Å². The van der Waals surface area contributed by atoms with Gasteiger partial charge in [-0.15, -0.1) is 0 Å². The number of rotatable bonds is 3. The monoisotopic (exact) mass is 232 g/mol.